The van der Waals surface area contributed by atoms with Crippen molar-refractivity contribution in [3.05, 3.63) is 71.4 Å². The molecule has 21 heavy (non-hydrogen) atoms. The lowest BCUT2D eigenvalue weighted by Crippen LogP contribution is -2.11. The molecule has 0 bridgehead atoms. The summed E-state index contributed by atoms with van der Waals surface area (Å²) in [6.45, 7) is 0.646. The number of carbonyl (C=O) groups is 1. The molecule has 2 N–H and O–H groups in total. The second-order valence-electron chi connectivity index (χ2n) is 4.61. The number of nitrogens with zero attached hydrogens (tertiary/aromatic N) is 2. The standard InChI is InChI=1S/C15H13ClN4O/c16-13-3-1-2-11(6-13)8-20-9-14(18-10-20)19-15(21)12-4-5-17-7-12/h1-7,9-10,17H,8H2,(H,19,21). The minimum absolute atomic E-state index is 0.191. The zero-order valence-corrected chi connectivity index (χ0v) is 11.8. The molecular formula is C15H13ClN4O. The Morgan fingerprint density at radius 2 is 2.29 bits per heavy atom. The molecule has 3 rings (SSSR count). The number of benzene rings is 1. The van der Waals surface area contributed by atoms with Crippen LogP contribution >= 0.6 is 11.6 Å². The van der Waals surface area contributed by atoms with Gasteiger partial charge < -0.3 is 14.9 Å². The van der Waals surface area contributed by atoms with Gasteiger partial charge in [-0.2, -0.15) is 0 Å². The van der Waals surface area contributed by atoms with Gasteiger partial charge in [0.15, 0.2) is 5.82 Å². The van der Waals surface area contributed by atoms with Gasteiger partial charge in [0.1, 0.15) is 0 Å². The van der Waals surface area contributed by atoms with Crippen LogP contribution < -0.4 is 5.32 Å². The first-order chi connectivity index (χ1) is 10.2. The minimum Gasteiger partial charge on any atom is -0.367 e. The third-order valence-electron chi connectivity index (χ3n) is 2.99. The molecular weight excluding hydrogens is 288 g/mol. The maximum absolute atomic E-state index is 11.9. The predicted octanol–water partition coefficient (Wildman–Crippen LogP) is 3.17. The molecule has 0 unspecified atom stereocenters. The van der Waals surface area contributed by atoms with E-state index in [4.69, 9.17) is 11.6 Å². The number of hydrogen-bond acceptors (Lipinski definition) is 2. The number of carbonyl (C=O) groups excluding carboxylic acids is 1. The smallest absolute Gasteiger partial charge is 0.258 e. The molecule has 0 saturated carbocycles. The maximum atomic E-state index is 11.9. The topological polar surface area (TPSA) is 62.7 Å². The van der Waals surface area contributed by atoms with Crippen molar-refractivity contribution in [2.75, 3.05) is 5.32 Å². The molecule has 1 amide bonds. The van der Waals surface area contributed by atoms with Crippen LogP contribution in [0.5, 0.6) is 0 Å². The maximum Gasteiger partial charge on any atom is 0.258 e. The SMILES string of the molecule is O=C(Nc1cn(Cc2cccc(Cl)c2)cn1)c1cc[nH]c1. The highest BCUT2D eigenvalue weighted by Gasteiger charge is 2.08. The van der Waals surface area contributed by atoms with E-state index in [-0.39, 0.29) is 5.91 Å². The predicted molar refractivity (Wildman–Crippen MR) is 81.5 cm³/mol. The molecule has 0 saturated heterocycles. The van der Waals surface area contributed by atoms with Crippen LogP contribution in [-0.2, 0) is 6.54 Å². The Kier molecular flexibility index (Phi) is 3.75. The van der Waals surface area contributed by atoms with Gasteiger partial charge in [-0.05, 0) is 23.8 Å². The van der Waals surface area contributed by atoms with Crippen molar-refractivity contribution < 1.29 is 4.79 Å². The number of aromatic amines is 1. The molecule has 0 aliphatic carbocycles. The Morgan fingerprint density at radius 3 is 3.05 bits per heavy atom. The Bertz CT molecular complexity index is 749. The van der Waals surface area contributed by atoms with E-state index in [0.717, 1.165) is 5.56 Å². The molecule has 0 atom stereocenters. The van der Waals surface area contributed by atoms with E-state index in [9.17, 15) is 4.79 Å². The normalized spacial score (nSPS) is 10.5. The monoisotopic (exact) mass is 300 g/mol. The van der Waals surface area contributed by atoms with Crippen LogP contribution in [0.25, 0.3) is 0 Å². The Labute approximate surface area is 126 Å². The lowest BCUT2D eigenvalue weighted by molar-refractivity contribution is 0.102. The van der Waals surface area contributed by atoms with Crippen LogP contribution in [0.2, 0.25) is 5.02 Å². The van der Waals surface area contributed by atoms with Gasteiger partial charge in [-0.1, -0.05) is 23.7 Å². The van der Waals surface area contributed by atoms with E-state index in [0.29, 0.717) is 22.9 Å². The molecule has 1 aromatic carbocycles. The lowest BCUT2D eigenvalue weighted by atomic mass is 10.2. The van der Waals surface area contributed by atoms with Gasteiger partial charge in [0.05, 0.1) is 11.9 Å². The number of imidazole rings is 1. The summed E-state index contributed by atoms with van der Waals surface area (Å²) in [5.41, 5.74) is 1.64. The third kappa shape index (κ3) is 3.32. The van der Waals surface area contributed by atoms with E-state index >= 15 is 0 Å². The third-order valence-corrected chi connectivity index (χ3v) is 3.22. The highest BCUT2D eigenvalue weighted by Crippen LogP contribution is 2.13. The highest BCUT2D eigenvalue weighted by atomic mass is 35.5. The Morgan fingerprint density at radius 1 is 1.38 bits per heavy atom. The number of nitrogens with one attached hydrogen (secondary N) is 2. The molecule has 0 aliphatic heterocycles. The summed E-state index contributed by atoms with van der Waals surface area (Å²) in [5, 5.41) is 3.45. The van der Waals surface area contributed by atoms with Crippen LogP contribution in [0.15, 0.2) is 55.2 Å². The number of amides is 1. The van der Waals surface area contributed by atoms with Gasteiger partial charge in [0, 0.05) is 30.2 Å². The number of rotatable bonds is 4. The van der Waals surface area contributed by atoms with Crippen LogP contribution in [0.3, 0.4) is 0 Å². The number of anilines is 1. The van der Waals surface area contributed by atoms with E-state index in [1.807, 2.05) is 28.8 Å². The summed E-state index contributed by atoms with van der Waals surface area (Å²) < 4.78 is 1.89. The molecule has 0 radical (unpaired) electrons. The average Bonchev–Trinajstić information content (AvgIpc) is 3.10. The minimum atomic E-state index is -0.191. The fourth-order valence-electron chi connectivity index (χ4n) is 2.01. The molecule has 0 fully saturated rings. The van der Waals surface area contributed by atoms with E-state index < -0.39 is 0 Å². The largest absolute Gasteiger partial charge is 0.367 e. The van der Waals surface area contributed by atoms with Crippen molar-refractivity contribution in [3.8, 4) is 0 Å². The van der Waals surface area contributed by atoms with Crippen LogP contribution in [0.4, 0.5) is 5.82 Å². The number of halogens is 1. The van der Waals surface area contributed by atoms with Gasteiger partial charge in [0.2, 0.25) is 0 Å². The zero-order chi connectivity index (χ0) is 14.7. The number of H-pyrrole nitrogens is 1. The first-order valence-electron chi connectivity index (χ1n) is 6.41. The summed E-state index contributed by atoms with van der Waals surface area (Å²) in [6, 6.07) is 9.34. The average molecular weight is 301 g/mol. The number of aromatic nitrogens is 3. The summed E-state index contributed by atoms with van der Waals surface area (Å²) in [7, 11) is 0. The van der Waals surface area contributed by atoms with Crippen molar-refractivity contribution >= 4 is 23.3 Å². The first kappa shape index (κ1) is 13.5. The van der Waals surface area contributed by atoms with Crippen molar-refractivity contribution in [1.82, 2.24) is 14.5 Å². The summed E-state index contributed by atoms with van der Waals surface area (Å²) in [4.78, 5) is 18.9. The molecule has 2 heterocycles. The van der Waals surface area contributed by atoms with Gasteiger partial charge in [-0.25, -0.2) is 4.98 Å². The second-order valence-corrected chi connectivity index (χ2v) is 5.05. The molecule has 0 spiro atoms. The second kappa shape index (κ2) is 5.85. The summed E-state index contributed by atoms with van der Waals surface area (Å²) in [5.74, 6) is 0.326. The molecule has 0 aliphatic rings. The van der Waals surface area contributed by atoms with E-state index in [2.05, 4.69) is 15.3 Å². The highest BCUT2D eigenvalue weighted by molar-refractivity contribution is 6.30. The lowest BCUT2D eigenvalue weighted by Gasteiger charge is -2.02. The molecule has 5 nitrogen and oxygen atoms in total. The van der Waals surface area contributed by atoms with Crippen molar-refractivity contribution in [1.29, 1.82) is 0 Å². The molecule has 106 valence electrons. The zero-order valence-electron chi connectivity index (χ0n) is 11.1. The summed E-state index contributed by atoms with van der Waals surface area (Å²) >= 11 is 5.96. The fourth-order valence-corrected chi connectivity index (χ4v) is 2.22. The van der Waals surface area contributed by atoms with Gasteiger partial charge in [-0.3, -0.25) is 4.79 Å². The van der Waals surface area contributed by atoms with Crippen molar-refractivity contribution in [2.24, 2.45) is 0 Å². The number of hydrogen-bond donors (Lipinski definition) is 2. The van der Waals surface area contributed by atoms with Crippen molar-refractivity contribution in [3.63, 3.8) is 0 Å². The van der Waals surface area contributed by atoms with E-state index in [1.54, 1.807) is 31.0 Å². The van der Waals surface area contributed by atoms with Crippen molar-refractivity contribution in [2.45, 2.75) is 6.54 Å². The molecule has 6 heteroatoms. The summed E-state index contributed by atoms with van der Waals surface area (Å²) in [6.07, 6.45) is 6.80. The van der Waals surface area contributed by atoms with Gasteiger partial charge in [-0.15, -0.1) is 0 Å². The first-order valence-corrected chi connectivity index (χ1v) is 6.79. The molecule has 2 aromatic heterocycles. The molecule has 3 aromatic rings. The van der Waals surface area contributed by atoms with Crippen LogP contribution in [-0.4, -0.2) is 20.4 Å². The van der Waals surface area contributed by atoms with Crippen LogP contribution in [0, 0.1) is 0 Å². The van der Waals surface area contributed by atoms with Gasteiger partial charge >= 0.3 is 0 Å². The van der Waals surface area contributed by atoms with Crippen LogP contribution in [0.1, 0.15) is 15.9 Å². The van der Waals surface area contributed by atoms with E-state index in [1.165, 1.54) is 0 Å². The quantitative estimate of drug-likeness (QED) is 0.777. The Balaban J connectivity index is 1.68. The van der Waals surface area contributed by atoms with Gasteiger partial charge in [0.25, 0.3) is 5.91 Å². The fraction of sp³-hybridized carbons (Fsp3) is 0.0667. The Hall–Kier alpha value is -2.53.